The molecule has 1 aliphatic heterocycles. The van der Waals surface area contributed by atoms with Crippen LogP contribution in [-0.4, -0.2) is 40.1 Å². The third kappa shape index (κ3) is 4.48. The number of amides is 1. The number of nitrogens with zero attached hydrogens (tertiary/aromatic N) is 3. The van der Waals surface area contributed by atoms with Crippen LogP contribution >= 0.6 is 11.8 Å². The second kappa shape index (κ2) is 10.0. The number of aryl methyl sites for hydroxylation is 1. The van der Waals surface area contributed by atoms with E-state index < -0.39 is 23.7 Å². The standard InChI is InChI=1S/C24H25F2N5O2S/c1-4-10-27-22(32)14-9-8-13(2)15(11-14)19-16-12-28-24(33)31(21(16)30-23(29-19)34-3)20-17(25)6-5-7-18(20)26/h5-9,11,24,28,33H,4,10,12H2,1-3H3,(H,27,32). The number of carbonyl (C=O) groups excluding carboxylic acids is 1. The van der Waals surface area contributed by atoms with Gasteiger partial charge in [0.1, 0.15) is 23.1 Å². The molecule has 0 fully saturated rings. The molecule has 2 heterocycles. The summed E-state index contributed by atoms with van der Waals surface area (Å²) in [6.45, 7) is 4.60. The molecule has 3 N–H and O–H groups in total. The van der Waals surface area contributed by atoms with Crippen LogP contribution in [0.4, 0.5) is 20.3 Å². The number of para-hydroxylation sites is 1. The van der Waals surface area contributed by atoms with Crippen molar-refractivity contribution in [2.24, 2.45) is 0 Å². The lowest BCUT2D eigenvalue weighted by atomic mass is 9.97. The summed E-state index contributed by atoms with van der Waals surface area (Å²) in [4.78, 5) is 22.9. The quantitative estimate of drug-likeness (QED) is 0.358. The van der Waals surface area contributed by atoms with Gasteiger partial charge in [-0.25, -0.2) is 18.7 Å². The highest BCUT2D eigenvalue weighted by molar-refractivity contribution is 7.98. The predicted molar refractivity (Wildman–Crippen MR) is 128 cm³/mol. The fourth-order valence-corrected chi connectivity index (χ4v) is 4.20. The maximum absolute atomic E-state index is 14.7. The smallest absolute Gasteiger partial charge is 0.251 e. The molecule has 4 rings (SSSR count). The highest BCUT2D eigenvalue weighted by atomic mass is 32.2. The Morgan fingerprint density at radius 2 is 2.00 bits per heavy atom. The molecule has 7 nitrogen and oxygen atoms in total. The van der Waals surface area contributed by atoms with Crippen molar-refractivity contribution in [1.29, 1.82) is 0 Å². The lowest BCUT2D eigenvalue weighted by molar-refractivity contribution is 0.0953. The molecule has 0 aliphatic carbocycles. The van der Waals surface area contributed by atoms with Crippen LogP contribution < -0.4 is 15.5 Å². The lowest BCUT2D eigenvalue weighted by Gasteiger charge is -2.36. The Morgan fingerprint density at radius 3 is 2.68 bits per heavy atom. The molecule has 1 aromatic heterocycles. The van der Waals surface area contributed by atoms with Crippen molar-refractivity contribution in [3.63, 3.8) is 0 Å². The summed E-state index contributed by atoms with van der Waals surface area (Å²) in [6, 6.07) is 8.85. The van der Waals surface area contributed by atoms with Gasteiger partial charge in [-0.05, 0) is 49.4 Å². The van der Waals surface area contributed by atoms with Gasteiger partial charge in [0.15, 0.2) is 11.5 Å². The molecule has 1 amide bonds. The van der Waals surface area contributed by atoms with Gasteiger partial charge in [0, 0.05) is 29.8 Å². The average Bonchev–Trinajstić information content (AvgIpc) is 2.83. The van der Waals surface area contributed by atoms with E-state index in [1.165, 1.54) is 17.8 Å². The van der Waals surface area contributed by atoms with Crippen molar-refractivity contribution in [2.75, 3.05) is 17.7 Å². The number of halogens is 2. The molecule has 0 saturated carbocycles. The van der Waals surface area contributed by atoms with Crippen molar-refractivity contribution < 1.29 is 18.7 Å². The molecular formula is C24H25F2N5O2S. The van der Waals surface area contributed by atoms with E-state index in [9.17, 15) is 18.7 Å². The topological polar surface area (TPSA) is 90.4 Å². The largest absolute Gasteiger partial charge is 0.360 e. The van der Waals surface area contributed by atoms with Crippen LogP contribution in [0.3, 0.4) is 0 Å². The number of hydrogen-bond acceptors (Lipinski definition) is 7. The van der Waals surface area contributed by atoms with E-state index >= 15 is 0 Å². The van der Waals surface area contributed by atoms with Crippen LogP contribution in [0.1, 0.15) is 34.8 Å². The first kappa shape index (κ1) is 24.1. The first-order valence-corrected chi connectivity index (χ1v) is 12.1. The molecule has 0 saturated heterocycles. The number of nitrogens with one attached hydrogen (secondary N) is 2. The maximum Gasteiger partial charge on any atom is 0.251 e. The van der Waals surface area contributed by atoms with E-state index in [4.69, 9.17) is 0 Å². The summed E-state index contributed by atoms with van der Waals surface area (Å²) < 4.78 is 29.4. The number of aliphatic hydroxyl groups is 1. The monoisotopic (exact) mass is 485 g/mol. The molecule has 2 aromatic carbocycles. The van der Waals surface area contributed by atoms with Crippen molar-refractivity contribution in [3.05, 3.63) is 64.7 Å². The Bertz CT molecular complexity index is 1220. The van der Waals surface area contributed by atoms with Gasteiger partial charge in [0.05, 0.1) is 5.69 Å². The van der Waals surface area contributed by atoms with E-state index in [1.54, 1.807) is 18.4 Å². The van der Waals surface area contributed by atoms with Gasteiger partial charge in [-0.2, -0.15) is 0 Å². The highest BCUT2D eigenvalue weighted by Gasteiger charge is 2.34. The Labute approximate surface area is 200 Å². The minimum absolute atomic E-state index is 0.165. The second-order valence-corrected chi connectivity index (χ2v) is 8.61. The molecule has 178 valence electrons. The van der Waals surface area contributed by atoms with Gasteiger partial charge in [0.2, 0.25) is 0 Å². The van der Waals surface area contributed by atoms with Crippen LogP contribution in [0.25, 0.3) is 11.3 Å². The number of thioether (sulfide) groups is 1. The summed E-state index contributed by atoms with van der Waals surface area (Å²) in [5.41, 5.74) is 2.72. The fraction of sp³-hybridized carbons (Fsp3) is 0.292. The molecule has 0 bridgehead atoms. The summed E-state index contributed by atoms with van der Waals surface area (Å²) in [5.74, 6) is -1.65. The normalized spacial score (nSPS) is 15.2. The van der Waals surface area contributed by atoms with Crippen LogP contribution in [0, 0.1) is 18.6 Å². The van der Waals surface area contributed by atoms with Gasteiger partial charge in [-0.15, -0.1) is 0 Å². The minimum Gasteiger partial charge on any atom is -0.360 e. The Hall–Kier alpha value is -3.08. The molecule has 0 radical (unpaired) electrons. The number of aliphatic hydroxyl groups excluding tert-OH is 1. The molecule has 3 aromatic rings. The van der Waals surface area contributed by atoms with Gasteiger partial charge < -0.3 is 10.4 Å². The Morgan fingerprint density at radius 1 is 1.26 bits per heavy atom. The van der Waals surface area contributed by atoms with Crippen LogP contribution in [-0.2, 0) is 6.54 Å². The number of rotatable bonds is 6. The van der Waals surface area contributed by atoms with E-state index in [2.05, 4.69) is 20.6 Å². The molecular weight excluding hydrogens is 460 g/mol. The number of anilines is 2. The van der Waals surface area contributed by atoms with E-state index in [1.807, 2.05) is 19.9 Å². The second-order valence-electron chi connectivity index (χ2n) is 7.84. The van der Waals surface area contributed by atoms with Crippen LogP contribution in [0.5, 0.6) is 0 Å². The minimum atomic E-state index is -1.40. The third-order valence-electron chi connectivity index (χ3n) is 5.55. The van der Waals surface area contributed by atoms with Crippen molar-refractivity contribution in [3.8, 4) is 11.3 Å². The van der Waals surface area contributed by atoms with Gasteiger partial charge in [-0.1, -0.05) is 30.8 Å². The summed E-state index contributed by atoms with van der Waals surface area (Å²) in [6.07, 6.45) is 1.21. The first-order chi connectivity index (χ1) is 16.3. The number of hydrogen-bond donors (Lipinski definition) is 3. The Balaban J connectivity index is 1.91. The zero-order valence-corrected chi connectivity index (χ0v) is 19.8. The van der Waals surface area contributed by atoms with Crippen molar-refractivity contribution >= 4 is 29.2 Å². The first-order valence-electron chi connectivity index (χ1n) is 10.8. The van der Waals surface area contributed by atoms with E-state index in [0.29, 0.717) is 34.1 Å². The number of fused-ring (bicyclic) bond motifs is 1. The fourth-order valence-electron chi connectivity index (χ4n) is 3.83. The lowest BCUT2D eigenvalue weighted by Crippen LogP contribution is -2.48. The number of benzene rings is 2. The van der Waals surface area contributed by atoms with Crippen LogP contribution in [0.15, 0.2) is 41.6 Å². The molecule has 10 heteroatoms. The predicted octanol–water partition coefficient (Wildman–Crippen LogP) is 4.11. The highest BCUT2D eigenvalue weighted by Crippen LogP contribution is 2.40. The molecule has 34 heavy (non-hydrogen) atoms. The average molecular weight is 486 g/mol. The maximum atomic E-state index is 14.7. The number of carbonyl (C=O) groups is 1. The van der Waals surface area contributed by atoms with Gasteiger partial charge >= 0.3 is 0 Å². The molecule has 1 unspecified atom stereocenters. The number of aromatic nitrogens is 2. The summed E-state index contributed by atoms with van der Waals surface area (Å²) in [5, 5.41) is 16.7. The zero-order chi connectivity index (χ0) is 24.4. The van der Waals surface area contributed by atoms with Crippen molar-refractivity contribution in [2.45, 2.75) is 38.3 Å². The van der Waals surface area contributed by atoms with Crippen molar-refractivity contribution in [1.82, 2.24) is 20.6 Å². The SMILES string of the molecule is CCCNC(=O)c1ccc(C)c(-c2nc(SC)nc3c2CNC(O)N3c2c(F)cccc2F)c1. The van der Waals surface area contributed by atoms with E-state index in [0.717, 1.165) is 29.0 Å². The summed E-state index contributed by atoms with van der Waals surface area (Å²) >= 11 is 1.27. The zero-order valence-electron chi connectivity index (χ0n) is 19.0. The van der Waals surface area contributed by atoms with Crippen LogP contribution in [0.2, 0.25) is 0 Å². The summed E-state index contributed by atoms with van der Waals surface area (Å²) in [7, 11) is 0. The van der Waals surface area contributed by atoms with Gasteiger partial charge in [-0.3, -0.25) is 15.0 Å². The third-order valence-corrected chi connectivity index (χ3v) is 6.10. The Kier molecular flexibility index (Phi) is 7.11. The molecule has 1 atom stereocenters. The van der Waals surface area contributed by atoms with E-state index in [-0.39, 0.29) is 18.3 Å². The van der Waals surface area contributed by atoms with Gasteiger partial charge in [0.25, 0.3) is 5.91 Å². The molecule has 0 spiro atoms. The molecule has 1 aliphatic rings.